The fourth-order valence-electron chi connectivity index (χ4n) is 3.59. The molecule has 0 heterocycles. The summed E-state index contributed by atoms with van der Waals surface area (Å²) >= 11 is 0. The van der Waals surface area contributed by atoms with Crippen molar-refractivity contribution in [2.45, 2.75) is 52.1 Å². The average molecular weight is 425 g/mol. The Morgan fingerprint density at radius 3 is 2.38 bits per heavy atom. The van der Waals surface area contributed by atoms with Crippen molar-refractivity contribution < 1.29 is 22.7 Å². The third kappa shape index (κ3) is 7.78. The number of esters is 1. The van der Waals surface area contributed by atoms with Crippen molar-refractivity contribution in [3.05, 3.63) is 35.9 Å². The molecule has 162 valence electrons. The van der Waals surface area contributed by atoms with Crippen LogP contribution in [0.4, 0.5) is 0 Å². The van der Waals surface area contributed by atoms with E-state index in [1.165, 1.54) is 12.0 Å². The van der Waals surface area contributed by atoms with E-state index in [0.717, 1.165) is 31.2 Å². The first-order valence-electron chi connectivity index (χ1n) is 10.1. The molecule has 1 atom stereocenters. The molecule has 0 aromatic heterocycles. The Balaban J connectivity index is 2.05. The van der Waals surface area contributed by atoms with Gasteiger partial charge in [-0.25, -0.2) is 13.1 Å². The lowest BCUT2D eigenvalue weighted by Crippen LogP contribution is -2.45. The van der Waals surface area contributed by atoms with E-state index in [0.29, 0.717) is 5.92 Å². The molecule has 0 aliphatic heterocycles. The van der Waals surface area contributed by atoms with Gasteiger partial charge in [-0.2, -0.15) is 0 Å². The number of hydrogen-bond acceptors (Lipinski definition) is 5. The lowest BCUT2D eigenvalue weighted by molar-refractivity contribution is -0.146. The SMILES string of the molecule is COC(=O)C(C)CN(Cc1ccccc1)C(=O)CS(=O)(=O)NC1CCC(C)CC1. The molecule has 1 N–H and O–H groups in total. The van der Waals surface area contributed by atoms with Gasteiger partial charge in [-0.05, 0) is 37.2 Å². The highest BCUT2D eigenvalue weighted by atomic mass is 32.2. The molecule has 1 saturated carbocycles. The topological polar surface area (TPSA) is 92.8 Å². The molecule has 7 nitrogen and oxygen atoms in total. The molecule has 8 heteroatoms. The Kier molecular flexibility index (Phi) is 8.64. The standard InChI is InChI=1S/C21H32N2O5S/c1-16-9-11-19(12-10-16)22-29(26,27)15-20(24)23(13-17(2)21(25)28-3)14-18-7-5-4-6-8-18/h4-8,16-17,19,22H,9-15H2,1-3H3. The first kappa shape index (κ1) is 23.3. The van der Waals surface area contributed by atoms with E-state index < -0.39 is 33.6 Å². The molecule has 0 saturated heterocycles. The Labute approximate surface area is 173 Å². The van der Waals surface area contributed by atoms with E-state index in [-0.39, 0.29) is 19.1 Å². The minimum atomic E-state index is -3.75. The van der Waals surface area contributed by atoms with Gasteiger partial charge in [0.2, 0.25) is 15.9 Å². The minimum Gasteiger partial charge on any atom is -0.469 e. The predicted molar refractivity (Wildman–Crippen MR) is 111 cm³/mol. The van der Waals surface area contributed by atoms with Gasteiger partial charge in [0.25, 0.3) is 0 Å². The molecule has 1 aliphatic carbocycles. The van der Waals surface area contributed by atoms with Crippen molar-refractivity contribution >= 4 is 21.9 Å². The van der Waals surface area contributed by atoms with Gasteiger partial charge in [0, 0.05) is 19.1 Å². The van der Waals surface area contributed by atoms with Crippen molar-refractivity contribution in [3.63, 3.8) is 0 Å². The van der Waals surface area contributed by atoms with Crippen LogP contribution < -0.4 is 4.72 Å². The number of methoxy groups -OCH3 is 1. The number of carbonyl (C=O) groups excluding carboxylic acids is 2. The summed E-state index contributed by atoms with van der Waals surface area (Å²) in [6, 6.07) is 9.18. The Morgan fingerprint density at radius 2 is 1.79 bits per heavy atom. The van der Waals surface area contributed by atoms with Gasteiger partial charge in [0.1, 0.15) is 5.75 Å². The van der Waals surface area contributed by atoms with Gasteiger partial charge >= 0.3 is 5.97 Å². The summed E-state index contributed by atoms with van der Waals surface area (Å²) in [6.07, 6.45) is 3.55. The fourth-order valence-corrected chi connectivity index (χ4v) is 4.93. The van der Waals surface area contributed by atoms with E-state index in [9.17, 15) is 18.0 Å². The highest BCUT2D eigenvalue weighted by Crippen LogP contribution is 2.24. The predicted octanol–water partition coefficient (Wildman–Crippen LogP) is 2.32. The maximum absolute atomic E-state index is 12.9. The number of sulfonamides is 1. The van der Waals surface area contributed by atoms with Crippen molar-refractivity contribution in [2.24, 2.45) is 11.8 Å². The molecule has 0 bridgehead atoms. The Bertz CT molecular complexity index is 774. The van der Waals surface area contributed by atoms with Crippen LogP contribution in [0.15, 0.2) is 30.3 Å². The third-order valence-electron chi connectivity index (χ3n) is 5.34. The van der Waals surface area contributed by atoms with Crippen LogP contribution in [0.1, 0.15) is 45.1 Å². The summed E-state index contributed by atoms with van der Waals surface area (Å²) in [5, 5.41) is 0. The zero-order valence-corrected chi connectivity index (χ0v) is 18.3. The molecule has 29 heavy (non-hydrogen) atoms. The molecule has 1 aliphatic rings. The van der Waals surface area contributed by atoms with Crippen molar-refractivity contribution in [3.8, 4) is 0 Å². The van der Waals surface area contributed by atoms with Gasteiger partial charge in [0.05, 0.1) is 13.0 Å². The van der Waals surface area contributed by atoms with Crippen molar-refractivity contribution in [1.29, 1.82) is 0 Å². The number of benzene rings is 1. The lowest BCUT2D eigenvalue weighted by Gasteiger charge is -2.28. The largest absolute Gasteiger partial charge is 0.469 e. The fraction of sp³-hybridized carbons (Fsp3) is 0.619. The molecule has 1 aromatic carbocycles. The molecule has 0 spiro atoms. The van der Waals surface area contributed by atoms with Gasteiger partial charge in [0.15, 0.2) is 0 Å². The highest BCUT2D eigenvalue weighted by Gasteiger charge is 2.28. The number of nitrogens with one attached hydrogen (secondary N) is 1. The number of amides is 1. The zero-order chi connectivity index (χ0) is 21.4. The second-order valence-corrected chi connectivity index (χ2v) is 9.77. The Morgan fingerprint density at radius 1 is 1.17 bits per heavy atom. The van der Waals surface area contributed by atoms with E-state index in [4.69, 9.17) is 4.74 Å². The number of ether oxygens (including phenoxy) is 1. The molecule has 1 amide bonds. The van der Waals surface area contributed by atoms with E-state index in [1.54, 1.807) is 6.92 Å². The van der Waals surface area contributed by atoms with Crippen LogP contribution >= 0.6 is 0 Å². The number of carbonyl (C=O) groups is 2. The van der Waals surface area contributed by atoms with Crippen LogP contribution in [-0.4, -0.2) is 50.6 Å². The normalized spacial score (nSPS) is 20.7. The molecule has 1 fully saturated rings. The van der Waals surface area contributed by atoms with Crippen molar-refractivity contribution in [2.75, 3.05) is 19.4 Å². The number of hydrogen-bond donors (Lipinski definition) is 1. The van der Waals surface area contributed by atoms with Gasteiger partial charge < -0.3 is 9.64 Å². The quantitative estimate of drug-likeness (QED) is 0.614. The molecular weight excluding hydrogens is 392 g/mol. The third-order valence-corrected chi connectivity index (χ3v) is 6.66. The zero-order valence-electron chi connectivity index (χ0n) is 17.5. The van der Waals surface area contributed by atoms with Gasteiger partial charge in [-0.1, -0.05) is 44.2 Å². The van der Waals surface area contributed by atoms with Crippen LogP contribution in [0.2, 0.25) is 0 Å². The molecule has 2 rings (SSSR count). The second kappa shape index (κ2) is 10.7. The molecule has 1 unspecified atom stereocenters. The van der Waals surface area contributed by atoms with Crippen molar-refractivity contribution in [1.82, 2.24) is 9.62 Å². The number of nitrogens with zero attached hydrogens (tertiary/aromatic N) is 1. The van der Waals surface area contributed by atoms with Gasteiger partial charge in [-0.3, -0.25) is 9.59 Å². The summed E-state index contributed by atoms with van der Waals surface area (Å²) in [4.78, 5) is 26.1. The monoisotopic (exact) mass is 424 g/mol. The maximum Gasteiger partial charge on any atom is 0.310 e. The number of rotatable bonds is 9. The highest BCUT2D eigenvalue weighted by molar-refractivity contribution is 7.90. The van der Waals surface area contributed by atoms with Crippen LogP contribution in [0.25, 0.3) is 0 Å². The Hall–Kier alpha value is -1.93. The average Bonchev–Trinajstić information content (AvgIpc) is 2.68. The van der Waals surface area contributed by atoms with E-state index in [1.807, 2.05) is 30.3 Å². The van der Waals surface area contributed by atoms with E-state index >= 15 is 0 Å². The summed E-state index contributed by atoms with van der Waals surface area (Å²) in [7, 11) is -2.46. The molecule has 0 radical (unpaired) electrons. The maximum atomic E-state index is 12.9. The van der Waals surface area contributed by atoms with Crippen LogP contribution in [-0.2, 0) is 30.9 Å². The molecule has 1 aromatic rings. The second-order valence-electron chi connectivity index (χ2n) is 8.02. The summed E-state index contributed by atoms with van der Waals surface area (Å²) < 4.78 is 32.6. The minimum absolute atomic E-state index is 0.0941. The van der Waals surface area contributed by atoms with Crippen LogP contribution in [0.5, 0.6) is 0 Å². The summed E-state index contributed by atoms with van der Waals surface area (Å²) in [5.74, 6) is -1.53. The van der Waals surface area contributed by atoms with E-state index in [2.05, 4.69) is 11.6 Å². The molecular formula is C21H32N2O5S. The first-order chi connectivity index (χ1) is 13.7. The summed E-state index contributed by atoms with van der Waals surface area (Å²) in [5.41, 5.74) is 0.865. The first-order valence-corrected chi connectivity index (χ1v) is 11.7. The van der Waals surface area contributed by atoms with Gasteiger partial charge in [-0.15, -0.1) is 0 Å². The van der Waals surface area contributed by atoms with Crippen LogP contribution in [0, 0.1) is 11.8 Å². The van der Waals surface area contributed by atoms with Crippen LogP contribution in [0.3, 0.4) is 0 Å². The lowest BCUT2D eigenvalue weighted by atomic mass is 9.88. The summed E-state index contributed by atoms with van der Waals surface area (Å²) in [6.45, 7) is 4.15. The smallest absolute Gasteiger partial charge is 0.310 e.